The van der Waals surface area contributed by atoms with Crippen molar-refractivity contribution in [2.45, 2.75) is 6.92 Å². The van der Waals surface area contributed by atoms with Gasteiger partial charge in [-0.15, -0.1) is 0 Å². The van der Waals surface area contributed by atoms with Gasteiger partial charge in [0.05, 0.1) is 36.0 Å². The van der Waals surface area contributed by atoms with Crippen LogP contribution in [-0.4, -0.2) is 47.5 Å². The van der Waals surface area contributed by atoms with E-state index >= 15 is 0 Å². The first-order valence-corrected chi connectivity index (χ1v) is 7.87. The number of hydrogen-bond donors (Lipinski definition) is 2. The first kappa shape index (κ1) is 19.2. The minimum absolute atomic E-state index is 0.0520. The highest BCUT2D eigenvalue weighted by Gasteiger charge is 2.32. The summed E-state index contributed by atoms with van der Waals surface area (Å²) >= 11 is 11.9. The van der Waals surface area contributed by atoms with Gasteiger partial charge in [0.2, 0.25) is 0 Å². The van der Waals surface area contributed by atoms with Crippen LogP contribution in [0.2, 0.25) is 10.0 Å². The van der Waals surface area contributed by atoms with Crippen LogP contribution < -0.4 is 5.32 Å². The van der Waals surface area contributed by atoms with Crippen LogP contribution in [0, 0.1) is 5.82 Å². The Kier molecular flexibility index (Phi) is 5.99. The molecule has 0 unspecified atom stereocenters. The molecular formula is C15H13Cl2FN2O5. The Hall–Kier alpha value is -2.16. The molecule has 0 bridgehead atoms. The van der Waals surface area contributed by atoms with Gasteiger partial charge in [0.25, 0.3) is 11.8 Å². The molecule has 2 N–H and O–H groups in total. The second-order valence-corrected chi connectivity index (χ2v) is 5.59. The van der Waals surface area contributed by atoms with Gasteiger partial charge in [-0.2, -0.15) is 0 Å². The molecule has 7 nitrogen and oxygen atoms in total. The number of ether oxygens (including phenoxy) is 1. The van der Waals surface area contributed by atoms with E-state index in [0.29, 0.717) is 0 Å². The molecule has 0 saturated carbocycles. The van der Waals surface area contributed by atoms with E-state index in [-0.39, 0.29) is 35.1 Å². The summed E-state index contributed by atoms with van der Waals surface area (Å²) in [4.78, 5) is 36.5. The zero-order valence-electron chi connectivity index (χ0n) is 12.9. The number of hydrogen-bond acceptors (Lipinski definition) is 6. The fourth-order valence-electron chi connectivity index (χ4n) is 2.12. The number of amides is 2. The summed E-state index contributed by atoms with van der Waals surface area (Å²) < 4.78 is 18.8. The normalized spacial score (nSPS) is 14.0. The molecule has 1 heterocycles. The Balaban J connectivity index is 2.40. The number of halogens is 3. The van der Waals surface area contributed by atoms with E-state index in [0.717, 1.165) is 17.0 Å². The molecule has 1 aromatic rings. The van der Waals surface area contributed by atoms with Gasteiger partial charge in [-0.25, -0.2) is 9.18 Å². The van der Waals surface area contributed by atoms with E-state index in [2.05, 4.69) is 5.32 Å². The van der Waals surface area contributed by atoms with E-state index in [4.69, 9.17) is 33.0 Å². The molecule has 0 saturated heterocycles. The third-order valence-electron chi connectivity index (χ3n) is 3.24. The minimum atomic E-state index is -0.957. The molecular weight excluding hydrogens is 378 g/mol. The van der Waals surface area contributed by atoms with E-state index in [1.54, 1.807) is 6.92 Å². The highest BCUT2D eigenvalue weighted by molar-refractivity contribution is 6.41. The maximum Gasteiger partial charge on any atom is 0.339 e. The number of anilines is 1. The maximum absolute atomic E-state index is 14.0. The second-order valence-electron chi connectivity index (χ2n) is 4.83. The average molecular weight is 391 g/mol. The van der Waals surface area contributed by atoms with E-state index < -0.39 is 35.2 Å². The van der Waals surface area contributed by atoms with Crippen molar-refractivity contribution in [3.63, 3.8) is 0 Å². The number of imide groups is 1. The molecule has 0 radical (unpaired) electrons. The fraction of sp³-hybridized carbons (Fsp3) is 0.267. The monoisotopic (exact) mass is 390 g/mol. The average Bonchev–Trinajstić information content (AvgIpc) is 2.83. The van der Waals surface area contributed by atoms with Crippen LogP contribution in [0.15, 0.2) is 17.8 Å². The van der Waals surface area contributed by atoms with Gasteiger partial charge in [-0.3, -0.25) is 14.5 Å². The molecule has 1 aliphatic heterocycles. The van der Waals surface area contributed by atoms with Crippen LogP contribution in [0.3, 0.4) is 0 Å². The van der Waals surface area contributed by atoms with Crippen molar-refractivity contribution in [1.82, 2.24) is 4.90 Å². The Morgan fingerprint density at radius 1 is 1.36 bits per heavy atom. The van der Waals surface area contributed by atoms with Crippen molar-refractivity contribution in [2.24, 2.45) is 0 Å². The summed E-state index contributed by atoms with van der Waals surface area (Å²) in [6, 6.07) is 0.821. The van der Waals surface area contributed by atoms with Gasteiger partial charge < -0.3 is 15.2 Å². The van der Waals surface area contributed by atoms with Crippen molar-refractivity contribution in [3.05, 3.63) is 39.3 Å². The molecule has 0 aliphatic carbocycles. The minimum Gasteiger partial charge on any atom is -0.462 e. The molecule has 0 fully saturated rings. The summed E-state index contributed by atoms with van der Waals surface area (Å²) in [6.07, 6.45) is 0.958. The molecule has 0 spiro atoms. The lowest BCUT2D eigenvalue weighted by atomic mass is 10.1. The molecule has 2 rings (SSSR count). The number of carbonyl (C=O) groups excluding carboxylic acids is 3. The first-order valence-electron chi connectivity index (χ1n) is 7.11. The van der Waals surface area contributed by atoms with Gasteiger partial charge in [0.1, 0.15) is 16.5 Å². The highest BCUT2D eigenvalue weighted by Crippen LogP contribution is 2.37. The highest BCUT2D eigenvalue weighted by atomic mass is 35.5. The van der Waals surface area contributed by atoms with Crippen LogP contribution in [0.5, 0.6) is 0 Å². The maximum atomic E-state index is 14.0. The molecule has 0 aromatic heterocycles. The van der Waals surface area contributed by atoms with Gasteiger partial charge in [-0.1, -0.05) is 23.2 Å². The zero-order chi connectivity index (χ0) is 18.7. The third kappa shape index (κ3) is 3.76. The number of aliphatic hydroxyl groups excluding tert-OH is 1. The fourth-order valence-corrected chi connectivity index (χ4v) is 2.63. The van der Waals surface area contributed by atoms with Gasteiger partial charge in [-0.05, 0) is 13.0 Å². The number of aliphatic hydroxyl groups is 1. The van der Waals surface area contributed by atoms with Crippen molar-refractivity contribution in [1.29, 1.82) is 0 Å². The standard InChI is InChI=1S/C15H13Cl2FN2O5/c1-2-25-15(24)7-5-8(18)12(17)13(11(7)16)19-9-6-10(22)20(3-4-21)14(9)23/h5-6,19,21H,2-4H2,1H3. The van der Waals surface area contributed by atoms with Crippen molar-refractivity contribution in [3.8, 4) is 0 Å². The van der Waals surface area contributed by atoms with Gasteiger partial charge in [0.15, 0.2) is 0 Å². The number of nitrogens with one attached hydrogen (secondary N) is 1. The first-order chi connectivity index (χ1) is 11.8. The smallest absolute Gasteiger partial charge is 0.339 e. The lowest BCUT2D eigenvalue weighted by molar-refractivity contribution is -0.137. The SMILES string of the molecule is CCOC(=O)c1cc(F)c(Cl)c(NC2=CC(=O)N(CCO)C2=O)c1Cl. The lowest BCUT2D eigenvalue weighted by Gasteiger charge is -2.16. The molecule has 0 atom stereocenters. The lowest BCUT2D eigenvalue weighted by Crippen LogP contribution is -2.34. The summed E-state index contributed by atoms with van der Waals surface area (Å²) in [5.74, 6) is -3.22. The number of nitrogens with zero attached hydrogens (tertiary/aromatic N) is 1. The Bertz CT molecular complexity index is 782. The predicted molar refractivity (Wildman–Crippen MR) is 87.9 cm³/mol. The van der Waals surface area contributed by atoms with Gasteiger partial charge >= 0.3 is 5.97 Å². The van der Waals surface area contributed by atoms with Crippen molar-refractivity contribution in [2.75, 3.05) is 25.1 Å². The predicted octanol–water partition coefficient (Wildman–Crippen LogP) is 1.97. The second kappa shape index (κ2) is 7.81. The van der Waals surface area contributed by atoms with Crippen LogP contribution >= 0.6 is 23.2 Å². The van der Waals surface area contributed by atoms with Crippen LogP contribution in [-0.2, 0) is 14.3 Å². The van der Waals surface area contributed by atoms with Crippen molar-refractivity contribution >= 4 is 46.7 Å². The number of esters is 1. The number of benzene rings is 1. The Morgan fingerprint density at radius 3 is 2.64 bits per heavy atom. The van der Waals surface area contributed by atoms with Crippen LogP contribution in [0.25, 0.3) is 0 Å². The summed E-state index contributed by atoms with van der Waals surface area (Å²) in [6.45, 7) is 1.02. The Labute approximate surface area is 151 Å². The topological polar surface area (TPSA) is 95.9 Å². The molecule has 25 heavy (non-hydrogen) atoms. The Morgan fingerprint density at radius 2 is 2.04 bits per heavy atom. The summed E-state index contributed by atoms with van der Waals surface area (Å²) in [5.41, 5.74) is -0.746. The van der Waals surface area contributed by atoms with Crippen LogP contribution in [0.4, 0.5) is 10.1 Å². The van der Waals surface area contributed by atoms with E-state index in [9.17, 15) is 18.8 Å². The molecule has 1 aliphatic rings. The van der Waals surface area contributed by atoms with Gasteiger partial charge in [0, 0.05) is 6.08 Å². The zero-order valence-corrected chi connectivity index (χ0v) is 14.4. The van der Waals surface area contributed by atoms with Crippen LogP contribution in [0.1, 0.15) is 17.3 Å². The summed E-state index contributed by atoms with van der Waals surface area (Å²) in [7, 11) is 0. The van der Waals surface area contributed by atoms with Crippen molar-refractivity contribution < 1.29 is 28.6 Å². The largest absolute Gasteiger partial charge is 0.462 e. The number of rotatable bonds is 6. The number of carbonyl (C=O) groups is 3. The third-order valence-corrected chi connectivity index (χ3v) is 4.01. The van der Waals surface area contributed by atoms with E-state index in [1.807, 2.05) is 0 Å². The quantitative estimate of drug-likeness (QED) is 0.437. The molecule has 2 amide bonds. The molecule has 1 aromatic carbocycles. The summed E-state index contributed by atoms with van der Waals surface area (Å²) in [5, 5.41) is 10.6. The number of β-amino-alcohol motifs (C(OH)–C–C–N with tert-alkyl or cyclic N) is 1. The molecule has 134 valence electrons. The molecule has 10 heteroatoms. The van der Waals surface area contributed by atoms with E-state index in [1.165, 1.54) is 0 Å².